The first-order valence-electron chi connectivity index (χ1n) is 7.85. The molecule has 3 N–H and O–H groups in total. The van der Waals surface area contributed by atoms with Crippen LogP contribution in [0.25, 0.3) is 11.1 Å². The minimum absolute atomic E-state index is 0.239. The van der Waals surface area contributed by atoms with Crippen LogP contribution < -0.4 is 10.6 Å². The highest BCUT2D eigenvalue weighted by atomic mass is 19.1. The number of anilines is 1. The largest absolute Gasteiger partial charge is 0.441 e. The summed E-state index contributed by atoms with van der Waals surface area (Å²) in [5.41, 5.74) is 9.24. The molecule has 2 aliphatic rings. The number of cyclic esters (lactones) is 1. The van der Waals surface area contributed by atoms with Gasteiger partial charge in [-0.1, -0.05) is 24.3 Å². The van der Waals surface area contributed by atoms with E-state index in [4.69, 9.17) is 10.5 Å². The molecule has 2 aliphatic heterocycles. The monoisotopic (exact) mass is 328 g/mol. The molecular weight excluding hydrogens is 311 g/mol. The molecule has 0 saturated carbocycles. The molecule has 0 spiro atoms. The van der Waals surface area contributed by atoms with Gasteiger partial charge in [-0.15, -0.1) is 0 Å². The number of nitrogens with two attached hydrogens (primary N) is 1. The summed E-state index contributed by atoms with van der Waals surface area (Å²) in [6.07, 6.45) is -0.557. The fourth-order valence-electron chi connectivity index (χ4n) is 3.49. The van der Waals surface area contributed by atoms with Gasteiger partial charge < -0.3 is 15.6 Å². The number of halogens is 1. The Labute approximate surface area is 138 Å². The molecule has 4 rings (SSSR count). The van der Waals surface area contributed by atoms with Crippen molar-refractivity contribution in [2.45, 2.75) is 25.1 Å². The number of nitrogens with zero attached hydrogens (tertiary/aromatic N) is 1. The number of hydrogen-bond acceptors (Lipinski definition) is 4. The third-order valence-corrected chi connectivity index (χ3v) is 4.75. The van der Waals surface area contributed by atoms with Gasteiger partial charge in [0, 0.05) is 12.1 Å². The van der Waals surface area contributed by atoms with Crippen LogP contribution in [0, 0.1) is 5.82 Å². The lowest BCUT2D eigenvalue weighted by molar-refractivity contribution is 0.0830. The van der Waals surface area contributed by atoms with Crippen molar-refractivity contribution in [1.29, 1.82) is 0 Å². The van der Waals surface area contributed by atoms with E-state index in [2.05, 4.69) is 0 Å². The van der Waals surface area contributed by atoms with E-state index < -0.39 is 18.0 Å². The van der Waals surface area contributed by atoms with Crippen molar-refractivity contribution in [2.75, 3.05) is 11.5 Å². The van der Waals surface area contributed by atoms with Gasteiger partial charge in [-0.05, 0) is 35.2 Å². The van der Waals surface area contributed by atoms with E-state index in [1.165, 1.54) is 11.0 Å². The molecule has 24 heavy (non-hydrogen) atoms. The van der Waals surface area contributed by atoms with Crippen molar-refractivity contribution in [3.8, 4) is 11.1 Å². The van der Waals surface area contributed by atoms with Gasteiger partial charge in [0.2, 0.25) is 0 Å². The van der Waals surface area contributed by atoms with E-state index in [1.807, 2.05) is 24.3 Å². The van der Waals surface area contributed by atoms with Crippen LogP contribution >= 0.6 is 0 Å². The van der Waals surface area contributed by atoms with Gasteiger partial charge in [0.05, 0.1) is 18.3 Å². The summed E-state index contributed by atoms with van der Waals surface area (Å²) in [5.74, 6) is -0.393. The van der Waals surface area contributed by atoms with Crippen LogP contribution in [-0.2, 0) is 17.7 Å². The predicted octanol–water partition coefficient (Wildman–Crippen LogP) is 2.19. The van der Waals surface area contributed by atoms with Crippen LogP contribution in [0.15, 0.2) is 36.4 Å². The Hall–Kier alpha value is -2.44. The van der Waals surface area contributed by atoms with Crippen LogP contribution in [0.5, 0.6) is 0 Å². The maximum Gasteiger partial charge on any atom is 0.415 e. The molecule has 1 fully saturated rings. The second-order valence-electron chi connectivity index (χ2n) is 6.11. The van der Waals surface area contributed by atoms with Gasteiger partial charge in [0.1, 0.15) is 11.9 Å². The van der Waals surface area contributed by atoms with E-state index in [9.17, 15) is 14.3 Å². The maximum absolute atomic E-state index is 14.6. The average molecular weight is 328 g/mol. The molecule has 2 aromatic carbocycles. The number of hydrogen-bond donors (Lipinski definition) is 2. The average Bonchev–Trinajstić information content (AvgIpc) is 3.11. The quantitative estimate of drug-likeness (QED) is 0.906. The molecule has 1 saturated heterocycles. The lowest BCUT2D eigenvalue weighted by atomic mass is 9.98. The molecule has 0 unspecified atom stereocenters. The first-order valence-corrected chi connectivity index (χ1v) is 7.85. The smallest absolute Gasteiger partial charge is 0.415 e. The lowest BCUT2D eigenvalue weighted by Gasteiger charge is -2.15. The minimum Gasteiger partial charge on any atom is -0.441 e. The second-order valence-corrected chi connectivity index (χ2v) is 6.11. The van der Waals surface area contributed by atoms with Gasteiger partial charge in [0.15, 0.2) is 0 Å². The first-order chi connectivity index (χ1) is 11.6. The summed E-state index contributed by atoms with van der Waals surface area (Å²) in [7, 11) is 0. The van der Waals surface area contributed by atoms with Crippen molar-refractivity contribution in [2.24, 2.45) is 5.73 Å². The molecular formula is C18H17FN2O3. The number of ether oxygens (including phenoxy) is 1. The van der Waals surface area contributed by atoms with Crippen molar-refractivity contribution in [1.82, 2.24) is 0 Å². The zero-order valence-corrected chi connectivity index (χ0v) is 12.9. The number of carbonyl (C=O) groups excluding carboxylic acids is 1. The zero-order chi connectivity index (χ0) is 16.8. The Bertz CT molecular complexity index is 807. The molecule has 2 aromatic rings. The summed E-state index contributed by atoms with van der Waals surface area (Å²) < 4.78 is 19.7. The van der Waals surface area contributed by atoms with Crippen LogP contribution in [0.1, 0.15) is 11.1 Å². The number of fused-ring (bicyclic) bond motifs is 3. The van der Waals surface area contributed by atoms with E-state index >= 15 is 0 Å². The maximum atomic E-state index is 14.6. The van der Waals surface area contributed by atoms with E-state index in [0.29, 0.717) is 24.2 Å². The summed E-state index contributed by atoms with van der Waals surface area (Å²) in [4.78, 5) is 13.4. The third kappa shape index (κ3) is 2.18. The van der Waals surface area contributed by atoms with E-state index in [-0.39, 0.29) is 12.6 Å². The topological polar surface area (TPSA) is 75.8 Å². The van der Waals surface area contributed by atoms with Crippen molar-refractivity contribution in [3.63, 3.8) is 0 Å². The van der Waals surface area contributed by atoms with E-state index in [1.54, 1.807) is 6.07 Å². The Morgan fingerprint density at radius 3 is 2.71 bits per heavy atom. The summed E-state index contributed by atoms with van der Waals surface area (Å²) in [6.45, 7) is 0.199. The van der Waals surface area contributed by atoms with Gasteiger partial charge in [-0.3, -0.25) is 4.90 Å². The van der Waals surface area contributed by atoms with Gasteiger partial charge in [0.25, 0.3) is 0 Å². The fourth-order valence-corrected chi connectivity index (χ4v) is 3.49. The van der Waals surface area contributed by atoms with Crippen LogP contribution in [0.2, 0.25) is 0 Å². The number of aliphatic hydroxyl groups is 1. The van der Waals surface area contributed by atoms with Crippen LogP contribution in [0.3, 0.4) is 0 Å². The Morgan fingerprint density at radius 2 is 2.04 bits per heavy atom. The van der Waals surface area contributed by atoms with Gasteiger partial charge in [-0.25, -0.2) is 9.18 Å². The highest BCUT2D eigenvalue weighted by Gasteiger charge is 2.47. The zero-order valence-electron chi connectivity index (χ0n) is 12.9. The standard InChI is InChI=1S/C18H17FN2O3/c19-14-7-15-12(6-16-17(9-22)24-18(23)21(15)16)5-13(14)11-3-1-10(8-20)2-4-11/h1-5,7,16-17,22H,6,8-9,20H2/t16-,17-/m0/s1. The van der Waals surface area contributed by atoms with E-state index in [0.717, 1.165) is 16.7 Å². The number of amides is 1. The molecule has 0 bridgehead atoms. The van der Waals surface area contributed by atoms with Gasteiger partial charge in [-0.2, -0.15) is 0 Å². The fraction of sp³-hybridized carbons (Fsp3) is 0.278. The van der Waals surface area contributed by atoms with Crippen LogP contribution in [0.4, 0.5) is 14.9 Å². The van der Waals surface area contributed by atoms with Crippen molar-refractivity contribution in [3.05, 3.63) is 53.3 Å². The SMILES string of the molecule is NCc1ccc(-c2cc3c(cc2F)N2C(=O)O[C@@H](CO)[C@@H]2C3)cc1. The molecule has 5 nitrogen and oxygen atoms in total. The summed E-state index contributed by atoms with van der Waals surface area (Å²) in [6, 6.07) is 10.3. The molecule has 2 heterocycles. The molecule has 6 heteroatoms. The Morgan fingerprint density at radius 1 is 1.29 bits per heavy atom. The third-order valence-electron chi connectivity index (χ3n) is 4.75. The highest BCUT2D eigenvalue weighted by molar-refractivity contribution is 5.94. The number of aliphatic hydroxyl groups excluding tert-OH is 1. The van der Waals surface area contributed by atoms with Crippen molar-refractivity contribution < 1.29 is 19.0 Å². The molecule has 0 radical (unpaired) electrons. The van der Waals surface area contributed by atoms with Crippen LogP contribution in [-0.4, -0.2) is 30.0 Å². The molecule has 0 aliphatic carbocycles. The predicted molar refractivity (Wildman–Crippen MR) is 87.1 cm³/mol. The number of benzene rings is 2. The molecule has 2 atom stereocenters. The number of carbonyl (C=O) groups is 1. The Kier molecular flexibility index (Phi) is 3.51. The second kappa shape index (κ2) is 5.58. The highest BCUT2D eigenvalue weighted by Crippen LogP contribution is 2.41. The molecule has 124 valence electrons. The summed E-state index contributed by atoms with van der Waals surface area (Å²) in [5, 5.41) is 9.36. The lowest BCUT2D eigenvalue weighted by Crippen LogP contribution is -2.34. The molecule has 1 amide bonds. The molecule has 0 aromatic heterocycles. The normalized spacial score (nSPS) is 21.6. The first kappa shape index (κ1) is 15.1. The number of rotatable bonds is 3. The Balaban J connectivity index is 1.74. The van der Waals surface area contributed by atoms with Gasteiger partial charge >= 0.3 is 6.09 Å². The minimum atomic E-state index is -0.569. The van der Waals surface area contributed by atoms with Crippen molar-refractivity contribution >= 4 is 11.8 Å². The summed E-state index contributed by atoms with van der Waals surface area (Å²) >= 11 is 0.